The van der Waals surface area contributed by atoms with Crippen LogP contribution in [0.1, 0.15) is 31.5 Å². The van der Waals surface area contributed by atoms with Crippen LogP contribution in [-0.2, 0) is 17.8 Å². The fourth-order valence-corrected chi connectivity index (χ4v) is 3.88. The first-order valence-electron chi connectivity index (χ1n) is 10.3. The predicted molar refractivity (Wildman–Crippen MR) is 116 cm³/mol. The lowest BCUT2D eigenvalue weighted by molar-refractivity contribution is -0.134. The van der Waals surface area contributed by atoms with E-state index in [1.165, 1.54) is 11.1 Å². The van der Waals surface area contributed by atoms with Crippen molar-refractivity contribution in [2.75, 3.05) is 6.54 Å². The summed E-state index contributed by atoms with van der Waals surface area (Å²) < 4.78 is 0. The molecule has 4 rings (SSSR count). The number of hydrogen-bond donors (Lipinski definition) is 2. The fourth-order valence-electron chi connectivity index (χ4n) is 3.88. The highest BCUT2D eigenvalue weighted by molar-refractivity contribution is 5.82. The Morgan fingerprint density at radius 3 is 2.45 bits per heavy atom. The predicted octanol–water partition coefficient (Wildman–Crippen LogP) is 4.00. The number of nitrogens with zero attached hydrogens (tertiary/aromatic N) is 2. The van der Waals surface area contributed by atoms with E-state index < -0.39 is 6.04 Å². The molecule has 0 saturated heterocycles. The summed E-state index contributed by atoms with van der Waals surface area (Å²) >= 11 is 0. The zero-order valence-electron chi connectivity index (χ0n) is 17.1. The maximum Gasteiger partial charge on any atom is 0.240 e. The summed E-state index contributed by atoms with van der Waals surface area (Å²) in [4.78, 5) is 14.7. The van der Waals surface area contributed by atoms with Gasteiger partial charge in [0.25, 0.3) is 0 Å². The molecule has 0 saturated carbocycles. The van der Waals surface area contributed by atoms with Gasteiger partial charge in [0.05, 0.1) is 11.7 Å². The Kier molecular flexibility index (Phi) is 5.49. The molecule has 2 atom stereocenters. The number of benzene rings is 2. The largest absolute Gasteiger partial charge is 0.336 e. The molecule has 2 heterocycles. The number of H-pyrrole nitrogens is 1. The zero-order valence-corrected chi connectivity index (χ0v) is 17.1. The molecule has 1 amide bonds. The molecule has 1 aliphatic rings. The molecule has 5 nitrogen and oxygen atoms in total. The molecule has 0 radical (unpaired) electrons. The second-order valence-corrected chi connectivity index (χ2v) is 7.89. The van der Waals surface area contributed by atoms with Crippen molar-refractivity contribution in [2.24, 2.45) is 11.7 Å². The Labute approximate surface area is 171 Å². The molecular formula is C24H28N4O. The van der Waals surface area contributed by atoms with Gasteiger partial charge in [0.15, 0.2) is 0 Å². The highest BCUT2D eigenvalue weighted by Crippen LogP contribution is 2.30. The molecule has 0 spiro atoms. The van der Waals surface area contributed by atoms with Gasteiger partial charge < -0.3 is 10.6 Å². The van der Waals surface area contributed by atoms with Crippen LogP contribution >= 0.6 is 0 Å². The van der Waals surface area contributed by atoms with Gasteiger partial charge in [0, 0.05) is 36.3 Å². The number of aromatic nitrogens is 2. The zero-order chi connectivity index (χ0) is 20.4. The van der Waals surface area contributed by atoms with Gasteiger partial charge in [-0.3, -0.25) is 9.89 Å². The Bertz CT molecular complexity index is 978. The van der Waals surface area contributed by atoms with Crippen molar-refractivity contribution in [3.63, 3.8) is 0 Å². The second kappa shape index (κ2) is 8.21. The van der Waals surface area contributed by atoms with Crippen molar-refractivity contribution >= 4 is 5.91 Å². The molecule has 5 heteroatoms. The lowest BCUT2D eigenvalue weighted by Gasteiger charge is -2.31. The minimum atomic E-state index is -0.443. The van der Waals surface area contributed by atoms with Crippen LogP contribution < -0.4 is 5.73 Å². The van der Waals surface area contributed by atoms with E-state index in [1.807, 2.05) is 30.0 Å². The number of nitrogens with one attached hydrogen (secondary N) is 1. The lowest BCUT2D eigenvalue weighted by atomic mass is 9.96. The van der Waals surface area contributed by atoms with Crippen LogP contribution in [0.4, 0.5) is 0 Å². The summed E-state index contributed by atoms with van der Waals surface area (Å²) in [6.45, 7) is 5.35. The Morgan fingerprint density at radius 2 is 1.76 bits per heavy atom. The van der Waals surface area contributed by atoms with Crippen molar-refractivity contribution in [1.82, 2.24) is 15.1 Å². The topological polar surface area (TPSA) is 75.0 Å². The third-order valence-corrected chi connectivity index (χ3v) is 6.05. The first kappa shape index (κ1) is 19.4. The van der Waals surface area contributed by atoms with E-state index in [0.29, 0.717) is 13.1 Å². The number of amides is 1. The molecule has 1 aromatic heterocycles. The molecule has 3 aromatic rings. The minimum Gasteiger partial charge on any atom is -0.336 e. The SMILES string of the molecule is CC[C@@H](C)[C@H](N)C(=O)N1CCc2[nH]nc(-c3ccc(-c4ccccc4)cc3)c2C1. The van der Waals surface area contributed by atoms with E-state index in [0.717, 1.165) is 35.4 Å². The van der Waals surface area contributed by atoms with Gasteiger partial charge >= 0.3 is 0 Å². The molecule has 150 valence electrons. The average Bonchev–Trinajstić information content (AvgIpc) is 3.21. The third-order valence-electron chi connectivity index (χ3n) is 6.05. The van der Waals surface area contributed by atoms with Crippen LogP contribution in [0.25, 0.3) is 22.4 Å². The van der Waals surface area contributed by atoms with Gasteiger partial charge in [-0.1, -0.05) is 74.9 Å². The van der Waals surface area contributed by atoms with Crippen LogP contribution in [0.3, 0.4) is 0 Å². The number of fused-ring (bicyclic) bond motifs is 1. The van der Waals surface area contributed by atoms with E-state index in [1.54, 1.807) is 0 Å². The van der Waals surface area contributed by atoms with Crippen LogP contribution in [0.15, 0.2) is 54.6 Å². The second-order valence-electron chi connectivity index (χ2n) is 7.89. The van der Waals surface area contributed by atoms with Crippen molar-refractivity contribution < 1.29 is 4.79 Å². The Morgan fingerprint density at radius 1 is 1.10 bits per heavy atom. The van der Waals surface area contributed by atoms with Gasteiger partial charge in [0.2, 0.25) is 5.91 Å². The summed E-state index contributed by atoms with van der Waals surface area (Å²) in [7, 11) is 0. The van der Waals surface area contributed by atoms with E-state index in [4.69, 9.17) is 5.73 Å². The summed E-state index contributed by atoms with van der Waals surface area (Å²) in [6, 6.07) is 18.3. The van der Waals surface area contributed by atoms with E-state index >= 15 is 0 Å². The molecule has 2 aromatic carbocycles. The maximum absolute atomic E-state index is 12.8. The summed E-state index contributed by atoms with van der Waals surface area (Å²) in [5.41, 5.74) is 12.8. The van der Waals surface area contributed by atoms with Crippen molar-refractivity contribution in [3.8, 4) is 22.4 Å². The highest BCUT2D eigenvalue weighted by atomic mass is 16.2. The number of rotatable bonds is 5. The third kappa shape index (κ3) is 3.83. The van der Waals surface area contributed by atoms with Gasteiger partial charge in [-0.05, 0) is 17.0 Å². The fraction of sp³-hybridized carbons (Fsp3) is 0.333. The maximum atomic E-state index is 12.8. The van der Waals surface area contributed by atoms with Gasteiger partial charge in [-0.15, -0.1) is 0 Å². The van der Waals surface area contributed by atoms with Gasteiger partial charge in [-0.2, -0.15) is 5.10 Å². The van der Waals surface area contributed by atoms with Crippen molar-refractivity contribution in [3.05, 3.63) is 65.9 Å². The van der Waals surface area contributed by atoms with Gasteiger partial charge in [0.1, 0.15) is 0 Å². The number of carbonyl (C=O) groups excluding carboxylic acids is 1. The summed E-state index contributed by atoms with van der Waals surface area (Å²) in [5, 5.41) is 7.74. The van der Waals surface area contributed by atoms with Crippen LogP contribution in [0.5, 0.6) is 0 Å². The number of nitrogens with two attached hydrogens (primary N) is 1. The number of hydrogen-bond acceptors (Lipinski definition) is 3. The summed E-state index contributed by atoms with van der Waals surface area (Å²) in [5.74, 6) is 0.217. The van der Waals surface area contributed by atoms with Crippen LogP contribution in [0, 0.1) is 5.92 Å². The Hall–Kier alpha value is -2.92. The molecule has 0 unspecified atom stereocenters. The molecule has 0 aliphatic carbocycles. The van der Waals surface area contributed by atoms with Gasteiger partial charge in [-0.25, -0.2) is 0 Å². The first-order chi connectivity index (χ1) is 14.1. The van der Waals surface area contributed by atoms with E-state index in [9.17, 15) is 4.79 Å². The van der Waals surface area contributed by atoms with Crippen LogP contribution in [-0.4, -0.2) is 33.6 Å². The summed E-state index contributed by atoms with van der Waals surface area (Å²) in [6.07, 6.45) is 1.68. The standard InChI is InChI=1S/C24H28N4O/c1-3-16(2)22(25)24(29)28-14-13-21-20(15-28)23(27-26-21)19-11-9-18(10-12-19)17-7-5-4-6-8-17/h4-12,16,22H,3,13-15,25H2,1-2H3,(H,26,27)/t16-,22+/m1/s1. The number of carbonyl (C=O) groups is 1. The molecule has 29 heavy (non-hydrogen) atoms. The van der Waals surface area contributed by atoms with Crippen LogP contribution in [0.2, 0.25) is 0 Å². The molecule has 0 bridgehead atoms. The first-order valence-corrected chi connectivity index (χ1v) is 10.3. The number of aromatic amines is 1. The quantitative estimate of drug-likeness (QED) is 0.694. The van der Waals surface area contributed by atoms with Crippen molar-refractivity contribution in [2.45, 2.75) is 39.3 Å². The molecule has 1 aliphatic heterocycles. The molecular weight excluding hydrogens is 360 g/mol. The Balaban J connectivity index is 1.56. The normalized spacial score (nSPS) is 15.6. The molecule has 0 fully saturated rings. The minimum absolute atomic E-state index is 0.0385. The van der Waals surface area contributed by atoms with E-state index in [-0.39, 0.29) is 11.8 Å². The van der Waals surface area contributed by atoms with Crippen molar-refractivity contribution in [1.29, 1.82) is 0 Å². The van der Waals surface area contributed by atoms with E-state index in [2.05, 4.69) is 53.5 Å². The monoisotopic (exact) mass is 388 g/mol. The molecule has 3 N–H and O–H groups in total. The average molecular weight is 389 g/mol. The smallest absolute Gasteiger partial charge is 0.240 e. The lowest BCUT2D eigenvalue weighted by Crippen LogP contribution is -2.48. The highest BCUT2D eigenvalue weighted by Gasteiger charge is 2.30.